The summed E-state index contributed by atoms with van der Waals surface area (Å²) < 4.78 is 0. The fourth-order valence-electron chi connectivity index (χ4n) is 5.49. The smallest absolute Gasteiger partial charge is 0.0276 e. The predicted octanol–water partition coefficient (Wildman–Crippen LogP) is 11.9. The first-order chi connectivity index (χ1) is 21.7. The van der Waals surface area contributed by atoms with Gasteiger partial charge in [-0.15, -0.1) is 0 Å². The molecule has 2 aliphatic carbocycles. The Balaban J connectivity index is 0.000000151. The second-order valence-electron chi connectivity index (χ2n) is 11.5. The third kappa shape index (κ3) is 13.6. The first kappa shape index (κ1) is 34.6. The molecule has 0 radical (unpaired) electrons. The summed E-state index contributed by atoms with van der Waals surface area (Å²) in [5, 5.41) is 0. The maximum absolute atomic E-state index is 2.26. The van der Waals surface area contributed by atoms with Gasteiger partial charge in [-0.05, 0) is 110 Å². The first-order valence-corrected chi connectivity index (χ1v) is 17.0. The Hall–Kier alpha value is -3.90. The van der Waals surface area contributed by atoms with E-state index in [2.05, 4.69) is 142 Å². The minimum atomic E-state index is 1.14. The van der Waals surface area contributed by atoms with Gasteiger partial charge in [-0.25, -0.2) is 0 Å². The lowest BCUT2D eigenvalue weighted by molar-refractivity contribution is 0.685. The molecular weight excluding hydrogens is 528 g/mol. The van der Waals surface area contributed by atoms with Gasteiger partial charge in [-0.1, -0.05) is 160 Å². The number of fused-ring (bicyclic) bond motifs is 2. The Bertz CT molecular complexity index is 1190. The van der Waals surface area contributed by atoms with Crippen LogP contribution in [0.15, 0.2) is 140 Å². The van der Waals surface area contributed by atoms with E-state index in [1.54, 1.807) is 22.3 Å². The lowest BCUT2D eigenvalue weighted by Crippen LogP contribution is -2.00. The third-order valence-electron chi connectivity index (χ3n) is 8.27. The highest BCUT2D eigenvalue weighted by Gasteiger charge is 2.06. The molecule has 0 amide bonds. The van der Waals surface area contributed by atoms with E-state index in [4.69, 9.17) is 0 Å². The number of aryl methyl sites for hydroxylation is 7. The van der Waals surface area contributed by atoms with Crippen molar-refractivity contribution < 1.29 is 0 Å². The van der Waals surface area contributed by atoms with E-state index in [0.29, 0.717) is 0 Å². The summed E-state index contributed by atoms with van der Waals surface area (Å²) in [7, 11) is 0. The van der Waals surface area contributed by atoms with Crippen LogP contribution in [0.3, 0.4) is 0 Å². The van der Waals surface area contributed by atoms with Crippen molar-refractivity contribution in [3.63, 3.8) is 0 Å². The number of rotatable bonds is 3. The molecule has 5 aromatic rings. The van der Waals surface area contributed by atoms with Crippen LogP contribution in [0.1, 0.15) is 85.4 Å². The van der Waals surface area contributed by atoms with E-state index in [-0.39, 0.29) is 0 Å². The van der Waals surface area contributed by atoms with Crippen LogP contribution in [0.2, 0.25) is 0 Å². The molecule has 7 rings (SSSR count). The van der Waals surface area contributed by atoms with Crippen LogP contribution >= 0.6 is 0 Å². The Morgan fingerprint density at radius 1 is 0.295 bits per heavy atom. The Morgan fingerprint density at radius 3 is 0.682 bits per heavy atom. The predicted molar refractivity (Wildman–Crippen MR) is 194 cm³/mol. The van der Waals surface area contributed by atoms with Gasteiger partial charge < -0.3 is 0 Å². The highest BCUT2D eigenvalue weighted by atomic mass is 14.1. The first-order valence-electron chi connectivity index (χ1n) is 17.0. The molecule has 0 aliphatic heterocycles. The van der Waals surface area contributed by atoms with E-state index < -0.39 is 0 Å². The van der Waals surface area contributed by atoms with E-state index in [0.717, 1.165) is 19.3 Å². The van der Waals surface area contributed by atoms with Crippen molar-refractivity contribution in [3.05, 3.63) is 178 Å². The molecule has 0 saturated heterocycles. The molecule has 0 unspecified atom stereocenters. The lowest BCUT2D eigenvalue weighted by atomic mass is 9.92. The Labute approximate surface area is 269 Å². The van der Waals surface area contributed by atoms with Crippen LogP contribution < -0.4 is 0 Å². The van der Waals surface area contributed by atoms with Crippen molar-refractivity contribution in [3.8, 4) is 0 Å². The summed E-state index contributed by atoms with van der Waals surface area (Å²) in [6, 6.07) is 49.0. The van der Waals surface area contributed by atoms with Gasteiger partial charge in [-0.2, -0.15) is 0 Å². The normalized spacial score (nSPS) is 12.4. The molecule has 0 N–H and O–H groups in total. The highest BCUT2D eigenvalue weighted by molar-refractivity contribution is 5.29. The molecule has 0 aromatic heterocycles. The van der Waals surface area contributed by atoms with Crippen LogP contribution in [-0.2, 0) is 44.9 Å². The van der Waals surface area contributed by atoms with Crippen molar-refractivity contribution in [2.75, 3.05) is 0 Å². The van der Waals surface area contributed by atoms with Gasteiger partial charge in [0.25, 0.3) is 0 Å². The molecule has 0 bridgehead atoms. The molecule has 0 spiro atoms. The zero-order valence-corrected chi connectivity index (χ0v) is 27.6. The fraction of sp³-hybridized carbons (Fsp3) is 0.318. The molecule has 5 aromatic carbocycles. The van der Waals surface area contributed by atoms with Gasteiger partial charge in [-0.3, -0.25) is 0 Å². The van der Waals surface area contributed by atoms with Gasteiger partial charge in [0.05, 0.1) is 0 Å². The maximum Gasteiger partial charge on any atom is -0.0276 e. The second-order valence-corrected chi connectivity index (χ2v) is 11.5. The fourth-order valence-corrected chi connectivity index (χ4v) is 5.49. The van der Waals surface area contributed by atoms with Crippen LogP contribution in [0, 0.1) is 0 Å². The average Bonchev–Trinajstić information content (AvgIpc) is 3.14. The van der Waals surface area contributed by atoms with E-state index >= 15 is 0 Å². The lowest BCUT2D eigenvalue weighted by Gasteiger charge is -2.13. The molecular formula is C44H54. The summed E-state index contributed by atoms with van der Waals surface area (Å²) in [6.07, 6.45) is 14.2. The quantitative estimate of drug-likeness (QED) is 0.198. The summed E-state index contributed by atoms with van der Waals surface area (Å²) in [4.78, 5) is 0. The van der Waals surface area contributed by atoms with Crippen LogP contribution in [-0.4, -0.2) is 0 Å². The molecule has 0 nitrogen and oxygen atoms in total. The molecule has 0 heterocycles. The minimum absolute atomic E-state index is 1.14. The summed E-state index contributed by atoms with van der Waals surface area (Å²) in [5.74, 6) is 0. The second kappa shape index (κ2) is 21.7. The molecule has 2 aliphatic rings. The van der Waals surface area contributed by atoms with Gasteiger partial charge in [0.2, 0.25) is 0 Å². The molecule has 44 heavy (non-hydrogen) atoms. The molecule has 0 atom stereocenters. The SMILES string of the molecule is CCc1ccccc1.CCc1ccccc1.CCc1ccccc1.c1ccc2c(c1)CCCC2.c1ccc2c(c1)CCCC2. The number of hydrogen-bond donors (Lipinski definition) is 0. The molecule has 0 fully saturated rings. The zero-order valence-electron chi connectivity index (χ0n) is 27.6. The molecule has 230 valence electrons. The van der Waals surface area contributed by atoms with Crippen molar-refractivity contribution in [2.45, 2.75) is 91.4 Å². The van der Waals surface area contributed by atoms with Gasteiger partial charge in [0.15, 0.2) is 0 Å². The maximum atomic E-state index is 2.26. The largest absolute Gasteiger partial charge is 0.0622 e. The van der Waals surface area contributed by atoms with Crippen molar-refractivity contribution >= 4 is 0 Å². The van der Waals surface area contributed by atoms with E-state index in [9.17, 15) is 0 Å². The van der Waals surface area contributed by atoms with Gasteiger partial charge in [0.1, 0.15) is 0 Å². The van der Waals surface area contributed by atoms with Gasteiger partial charge in [0, 0.05) is 0 Å². The highest BCUT2D eigenvalue weighted by Crippen LogP contribution is 2.20. The summed E-state index contributed by atoms with van der Waals surface area (Å²) in [6.45, 7) is 6.49. The van der Waals surface area contributed by atoms with Crippen LogP contribution in [0.4, 0.5) is 0 Å². The van der Waals surface area contributed by atoms with Crippen LogP contribution in [0.5, 0.6) is 0 Å². The van der Waals surface area contributed by atoms with Crippen molar-refractivity contribution in [1.29, 1.82) is 0 Å². The van der Waals surface area contributed by atoms with Crippen molar-refractivity contribution in [1.82, 2.24) is 0 Å². The number of hydrogen-bond acceptors (Lipinski definition) is 0. The zero-order chi connectivity index (χ0) is 31.1. The monoisotopic (exact) mass is 582 g/mol. The Kier molecular flexibility index (Phi) is 17.1. The average molecular weight is 583 g/mol. The van der Waals surface area contributed by atoms with Crippen molar-refractivity contribution in [2.24, 2.45) is 0 Å². The standard InChI is InChI=1S/2C10H12.3C8H10/c2*1-2-6-10-8-4-3-7-9(10)5-1;3*1-2-8-6-4-3-5-7-8/h2*1-2,5-6H,3-4,7-8H2;3*3-7H,2H2,1H3. The Morgan fingerprint density at radius 2 is 0.500 bits per heavy atom. The van der Waals surface area contributed by atoms with Gasteiger partial charge >= 0.3 is 0 Å². The minimum Gasteiger partial charge on any atom is -0.0622 e. The van der Waals surface area contributed by atoms with Crippen LogP contribution in [0.25, 0.3) is 0 Å². The topological polar surface area (TPSA) is 0 Å². The third-order valence-corrected chi connectivity index (χ3v) is 8.27. The number of benzene rings is 5. The molecule has 0 heteroatoms. The summed E-state index contributed by atoms with van der Waals surface area (Å²) in [5.41, 5.74) is 10.5. The van der Waals surface area contributed by atoms with E-state index in [1.165, 1.54) is 68.1 Å². The summed E-state index contributed by atoms with van der Waals surface area (Å²) >= 11 is 0. The molecule has 0 saturated carbocycles. The van der Waals surface area contributed by atoms with E-state index in [1.807, 2.05) is 18.2 Å².